The molecule has 5 nitrogen and oxygen atoms in total. The van der Waals surface area contributed by atoms with E-state index in [4.69, 9.17) is 10.5 Å². The van der Waals surface area contributed by atoms with E-state index in [9.17, 15) is 0 Å². The molecule has 0 saturated carbocycles. The molecule has 1 aliphatic rings. The summed E-state index contributed by atoms with van der Waals surface area (Å²) in [6, 6.07) is 10.3. The van der Waals surface area contributed by atoms with E-state index >= 15 is 0 Å². The van der Waals surface area contributed by atoms with Crippen LogP contribution in [-0.2, 0) is 4.74 Å². The number of nitrogens with zero attached hydrogens (tertiary/aromatic N) is 3. The van der Waals surface area contributed by atoms with Crippen molar-refractivity contribution in [2.45, 2.75) is 25.9 Å². The van der Waals surface area contributed by atoms with Crippen LogP contribution in [0.5, 0.6) is 0 Å². The molecule has 1 aromatic carbocycles. The first kappa shape index (κ1) is 14.8. The molecule has 22 heavy (non-hydrogen) atoms. The first-order valence-corrected chi connectivity index (χ1v) is 7.70. The third-order valence-corrected chi connectivity index (χ3v) is 4.19. The SMILES string of the molecule is CO[C@@H](C)c1ccc(-c2cc(N3CCCC3)nc(N)n2)cc1. The minimum absolute atomic E-state index is 0.0877. The monoisotopic (exact) mass is 298 g/mol. The molecule has 0 aliphatic carbocycles. The molecule has 2 heterocycles. The van der Waals surface area contributed by atoms with Crippen LogP contribution in [0.1, 0.15) is 31.4 Å². The highest BCUT2D eigenvalue weighted by Gasteiger charge is 2.16. The maximum Gasteiger partial charge on any atom is 0.222 e. The fraction of sp³-hybridized carbons (Fsp3) is 0.412. The van der Waals surface area contributed by atoms with E-state index in [1.807, 2.05) is 13.0 Å². The molecule has 3 rings (SSSR count). The summed E-state index contributed by atoms with van der Waals surface area (Å²) in [6.45, 7) is 4.11. The number of ether oxygens (including phenoxy) is 1. The molecule has 0 spiro atoms. The van der Waals surface area contributed by atoms with Crippen molar-refractivity contribution in [2.24, 2.45) is 0 Å². The van der Waals surface area contributed by atoms with Gasteiger partial charge in [-0.3, -0.25) is 0 Å². The summed E-state index contributed by atoms with van der Waals surface area (Å²) in [5.41, 5.74) is 8.95. The van der Waals surface area contributed by atoms with Gasteiger partial charge in [-0.25, -0.2) is 4.98 Å². The van der Waals surface area contributed by atoms with Crippen LogP contribution in [0.25, 0.3) is 11.3 Å². The zero-order valence-corrected chi connectivity index (χ0v) is 13.1. The minimum Gasteiger partial charge on any atom is -0.377 e. The summed E-state index contributed by atoms with van der Waals surface area (Å²) in [7, 11) is 1.71. The van der Waals surface area contributed by atoms with Crippen molar-refractivity contribution >= 4 is 11.8 Å². The van der Waals surface area contributed by atoms with E-state index in [-0.39, 0.29) is 6.10 Å². The number of hydrogen-bond acceptors (Lipinski definition) is 5. The number of anilines is 2. The normalized spacial score (nSPS) is 16.0. The number of benzene rings is 1. The maximum absolute atomic E-state index is 5.90. The minimum atomic E-state index is 0.0877. The van der Waals surface area contributed by atoms with Crippen LogP contribution in [0, 0.1) is 0 Å². The zero-order valence-electron chi connectivity index (χ0n) is 13.1. The highest BCUT2D eigenvalue weighted by Crippen LogP contribution is 2.26. The van der Waals surface area contributed by atoms with E-state index < -0.39 is 0 Å². The van der Waals surface area contributed by atoms with Crippen LogP contribution in [0.2, 0.25) is 0 Å². The van der Waals surface area contributed by atoms with Crippen LogP contribution in [0.4, 0.5) is 11.8 Å². The van der Waals surface area contributed by atoms with Gasteiger partial charge in [0.05, 0.1) is 11.8 Å². The first-order chi connectivity index (χ1) is 10.7. The Hall–Kier alpha value is -2.14. The topological polar surface area (TPSA) is 64.3 Å². The molecule has 2 N–H and O–H groups in total. The van der Waals surface area contributed by atoms with E-state index in [0.29, 0.717) is 5.95 Å². The lowest BCUT2D eigenvalue weighted by Crippen LogP contribution is -2.19. The first-order valence-electron chi connectivity index (χ1n) is 7.70. The predicted molar refractivity (Wildman–Crippen MR) is 88.8 cm³/mol. The van der Waals surface area contributed by atoms with Gasteiger partial charge in [-0.1, -0.05) is 24.3 Å². The van der Waals surface area contributed by atoms with Crippen molar-refractivity contribution in [1.82, 2.24) is 9.97 Å². The predicted octanol–water partition coefficient (Wildman–Crippen LogP) is 3.03. The molecule has 1 aromatic heterocycles. The molecule has 1 aliphatic heterocycles. The van der Waals surface area contributed by atoms with Crippen molar-refractivity contribution in [2.75, 3.05) is 30.8 Å². The third-order valence-electron chi connectivity index (χ3n) is 4.19. The second-order valence-electron chi connectivity index (χ2n) is 5.66. The fourth-order valence-corrected chi connectivity index (χ4v) is 2.77. The van der Waals surface area contributed by atoms with Crippen molar-refractivity contribution in [1.29, 1.82) is 0 Å². The fourth-order valence-electron chi connectivity index (χ4n) is 2.77. The zero-order chi connectivity index (χ0) is 15.5. The molecule has 0 radical (unpaired) electrons. The Morgan fingerprint density at radius 2 is 1.82 bits per heavy atom. The van der Waals surface area contributed by atoms with Crippen LogP contribution >= 0.6 is 0 Å². The highest BCUT2D eigenvalue weighted by molar-refractivity contribution is 5.65. The van der Waals surface area contributed by atoms with Crippen LogP contribution in [0.3, 0.4) is 0 Å². The van der Waals surface area contributed by atoms with E-state index in [2.05, 4.69) is 39.1 Å². The average Bonchev–Trinajstić information content (AvgIpc) is 3.08. The molecule has 116 valence electrons. The highest BCUT2D eigenvalue weighted by atomic mass is 16.5. The summed E-state index contributed by atoms with van der Waals surface area (Å²) in [6.07, 6.45) is 2.51. The second-order valence-corrected chi connectivity index (χ2v) is 5.66. The number of hydrogen-bond donors (Lipinski definition) is 1. The van der Waals surface area contributed by atoms with Crippen molar-refractivity contribution in [3.05, 3.63) is 35.9 Å². The summed E-state index contributed by atoms with van der Waals surface area (Å²) in [4.78, 5) is 11.0. The lowest BCUT2D eigenvalue weighted by atomic mass is 10.1. The molecule has 0 amide bonds. The van der Waals surface area contributed by atoms with Crippen LogP contribution < -0.4 is 10.6 Å². The van der Waals surface area contributed by atoms with Gasteiger partial charge in [-0.2, -0.15) is 4.98 Å². The molecule has 1 atom stereocenters. The van der Waals surface area contributed by atoms with Crippen LogP contribution in [-0.4, -0.2) is 30.2 Å². The molecule has 1 saturated heterocycles. The summed E-state index contributed by atoms with van der Waals surface area (Å²) in [5, 5.41) is 0. The summed E-state index contributed by atoms with van der Waals surface area (Å²) >= 11 is 0. The molecule has 5 heteroatoms. The van der Waals surface area contributed by atoms with Gasteiger partial charge < -0.3 is 15.4 Å². The Balaban J connectivity index is 1.90. The Morgan fingerprint density at radius 1 is 1.14 bits per heavy atom. The van der Waals surface area contributed by atoms with Gasteiger partial charge in [0.2, 0.25) is 5.95 Å². The lowest BCUT2D eigenvalue weighted by Gasteiger charge is -2.17. The quantitative estimate of drug-likeness (QED) is 0.940. The number of aromatic nitrogens is 2. The lowest BCUT2D eigenvalue weighted by molar-refractivity contribution is 0.119. The molecular weight excluding hydrogens is 276 g/mol. The molecule has 0 bridgehead atoms. The summed E-state index contributed by atoms with van der Waals surface area (Å²) in [5.74, 6) is 1.25. The Morgan fingerprint density at radius 3 is 2.45 bits per heavy atom. The van der Waals surface area contributed by atoms with Gasteiger partial charge >= 0.3 is 0 Å². The van der Waals surface area contributed by atoms with Gasteiger partial charge in [0, 0.05) is 31.8 Å². The van der Waals surface area contributed by atoms with E-state index in [1.165, 1.54) is 12.8 Å². The van der Waals surface area contributed by atoms with Gasteiger partial charge in [-0.15, -0.1) is 0 Å². The Bertz CT molecular complexity index is 636. The van der Waals surface area contributed by atoms with E-state index in [1.54, 1.807) is 7.11 Å². The Labute approximate surface area is 131 Å². The number of nitrogen functional groups attached to an aromatic ring is 1. The smallest absolute Gasteiger partial charge is 0.222 e. The van der Waals surface area contributed by atoms with Crippen LogP contribution in [0.15, 0.2) is 30.3 Å². The standard InChI is InChI=1S/C17H22N4O/c1-12(22-2)13-5-7-14(8-6-13)15-11-16(20-17(18)19-15)21-9-3-4-10-21/h5-8,11-12H,3-4,9-10H2,1-2H3,(H2,18,19,20)/t12-/m0/s1. The van der Waals surface area contributed by atoms with Crippen molar-refractivity contribution < 1.29 is 4.74 Å². The molecule has 0 unspecified atom stereocenters. The van der Waals surface area contributed by atoms with E-state index in [0.717, 1.165) is 35.7 Å². The summed E-state index contributed by atoms with van der Waals surface area (Å²) < 4.78 is 5.34. The van der Waals surface area contributed by atoms with Gasteiger partial charge in [-0.05, 0) is 25.3 Å². The Kier molecular flexibility index (Phi) is 4.24. The second kappa shape index (κ2) is 6.32. The van der Waals surface area contributed by atoms with Gasteiger partial charge in [0.1, 0.15) is 5.82 Å². The number of nitrogens with two attached hydrogens (primary N) is 1. The van der Waals surface area contributed by atoms with Crippen molar-refractivity contribution in [3.8, 4) is 11.3 Å². The number of methoxy groups -OCH3 is 1. The molecular formula is C17H22N4O. The van der Waals surface area contributed by atoms with Gasteiger partial charge in [0.15, 0.2) is 0 Å². The molecule has 1 fully saturated rings. The number of rotatable bonds is 4. The van der Waals surface area contributed by atoms with Gasteiger partial charge in [0.25, 0.3) is 0 Å². The van der Waals surface area contributed by atoms with Crippen molar-refractivity contribution in [3.63, 3.8) is 0 Å². The maximum atomic E-state index is 5.90. The molecule has 2 aromatic rings. The third kappa shape index (κ3) is 3.04. The largest absolute Gasteiger partial charge is 0.377 e. The average molecular weight is 298 g/mol.